The SMILES string of the molecule is COc1ccc(C)cc1NC(=O)C(=O)NCc1ccccc1. The van der Waals surface area contributed by atoms with Crippen molar-refractivity contribution in [3.63, 3.8) is 0 Å². The van der Waals surface area contributed by atoms with Crippen LogP contribution in [0, 0.1) is 6.92 Å². The van der Waals surface area contributed by atoms with E-state index in [1.165, 1.54) is 7.11 Å². The molecule has 0 aliphatic carbocycles. The Morgan fingerprint density at radius 3 is 2.45 bits per heavy atom. The van der Waals surface area contributed by atoms with Crippen molar-refractivity contribution >= 4 is 17.5 Å². The topological polar surface area (TPSA) is 67.4 Å². The molecular formula is C17H18N2O3. The van der Waals surface area contributed by atoms with Gasteiger partial charge >= 0.3 is 11.8 Å². The molecule has 2 aromatic rings. The lowest BCUT2D eigenvalue weighted by Crippen LogP contribution is -2.35. The van der Waals surface area contributed by atoms with E-state index in [2.05, 4.69) is 10.6 Å². The highest BCUT2D eigenvalue weighted by molar-refractivity contribution is 6.39. The summed E-state index contributed by atoms with van der Waals surface area (Å²) in [6.07, 6.45) is 0. The second-order valence-electron chi connectivity index (χ2n) is 4.83. The van der Waals surface area contributed by atoms with Crippen molar-refractivity contribution in [2.45, 2.75) is 13.5 Å². The Kier molecular flexibility index (Phi) is 5.14. The average Bonchev–Trinajstić information content (AvgIpc) is 2.53. The minimum absolute atomic E-state index is 0.304. The molecule has 0 atom stereocenters. The standard InChI is InChI=1S/C17H18N2O3/c1-12-8-9-15(22-2)14(10-12)19-17(21)16(20)18-11-13-6-4-3-5-7-13/h3-10H,11H2,1-2H3,(H,18,20)(H,19,21). The molecule has 0 heterocycles. The third-order valence-corrected chi connectivity index (χ3v) is 3.11. The van der Waals surface area contributed by atoms with Gasteiger partial charge in [-0.05, 0) is 30.2 Å². The Hall–Kier alpha value is -2.82. The lowest BCUT2D eigenvalue weighted by Gasteiger charge is -2.11. The average molecular weight is 298 g/mol. The molecule has 0 saturated carbocycles. The smallest absolute Gasteiger partial charge is 0.313 e. The molecule has 0 radical (unpaired) electrons. The Balaban J connectivity index is 1.97. The Morgan fingerprint density at radius 1 is 1.05 bits per heavy atom. The van der Waals surface area contributed by atoms with Gasteiger partial charge in [0.15, 0.2) is 0 Å². The van der Waals surface area contributed by atoms with Gasteiger partial charge in [0.05, 0.1) is 12.8 Å². The van der Waals surface area contributed by atoms with Crippen LogP contribution in [-0.4, -0.2) is 18.9 Å². The highest BCUT2D eigenvalue weighted by atomic mass is 16.5. The minimum Gasteiger partial charge on any atom is -0.495 e. The summed E-state index contributed by atoms with van der Waals surface area (Å²) in [5.41, 5.74) is 2.36. The van der Waals surface area contributed by atoms with Gasteiger partial charge in [0, 0.05) is 6.54 Å². The van der Waals surface area contributed by atoms with Crippen molar-refractivity contribution in [1.29, 1.82) is 0 Å². The number of carbonyl (C=O) groups is 2. The second kappa shape index (κ2) is 7.26. The predicted octanol–water partition coefficient (Wildman–Crippen LogP) is 2.26. The van der Waals surface area contributed by atoms with E-state index < -0.39 is 11.8 Å². The van der Waals surface area contributed by atoms with Crippen LogP contribution in [0.2, 0.25) is 0 Å². The molecule has 0 aromatic heterocycles. The lowest BCUT2D eigenvalue weighted by atomic mass is 10.2. The largest absolute Gasteiger partial charge is 0.495 e. The third kappa shape index (κ3) is 4.09. The Labute approximate surface area is 129 Å². The number of carbonyl (C=O) groups excluding carboxylic acids is 2. The monoisotopic (exact) mass is 298 g/mol. The molecule has 2 amide bonds. The van der Waals surface area contributed by atoms with Crippen LogP contribution in [0.15, 0.2) is 48.5 Å². The first kappa shape index (κ1) is 15.6. The summed E-state index contributed by atoms with van der Waals surface area (Å²) in [5, 5.41) is 5.14. The molecule has 0 bridgehead atoms. The van der Waals surface area contributed by atoms with E-state index in [4.69, 9.17) is 4.74 Å². The van der Waals surface area contributed by atoms with Crippen molar-refractivity contribution in [1.82, 2.24) is 5.32 Å². The third-order valence-electron chi connectivity index (χ3n) is 3.11. The number of rotatable bonds is 4. The number of amides is 2. The van der Waals surface area contributed by atoms with Crippen LogP contribution in [0.1, 0.15) is 11.1 Å². The molecule has 2 rings (SSSR count). The number of ether oxygens (including phenoxy) is 1. The molecule has 2 N–H and O–H groups in total. The van der Waals surface area contributed by atoms with Crippen molar-refractivity contribution in [3.05, 3.63) is 59.7 Å². The molecule has 0 spiro atoms. The highest BCUT2D eigenvalue weighted by Gasteiger charge is 2.15. The number of benzene rings is 2. The number of methoxy groups -OCH3 is 1. The van der Waals surface area contributed by atoms with Gasteiger partial charge in [-0.25, -0.2) is 0 Å². The van der Waals surface area contributed by atoms with Gasteiger partial charge in [-0.1, -0.05) is 36.4 Å². The summed E-state index contributed by atoms with van der Waals surface area (Å²) in [5.74, 6) is -0.901. The maximum Gasteiger partial charge on any atom is 0.313 e. The van der Waals surface area contributed by atoms with Gasteiger partial charge in [-0.3, -0.25) is 9.59 Å². The van der Waals surface area contributed by atoms with Crippen LogP contribution in [-0.2, 0) is 16.1 Å². The van der Waals surface area contributed by atoms with Gasteiger partial charge in [0.2, 0.25) is 0 Å². The fourth-order valence-corrected chi connectivity index (χ4v) is 1.96. The van der Waals surface area contributed by atoms with Crippen molar-refractivity contribution < 1.29 is 14.3 Å². The summed E-state index contributed by atoms with van der Waals surface area (Å²) >= 11 is 0. The molecular weight excluding hydrogens is 280 g/mol. The zero-order valence-corrected chi connectivity index (χ0v) is 12.6. The number of hydrogen-bond donors (Lipinski definition) is 2. The van der Waals surface area contributed by atoms with Crippen LogP contribution in [0.25, 0.3) is 0 Å². The van der Waals surface area contributed by atoms with E-state index in [1.54, 1.807) is 12.1 Å². The van der Waals surface area contributed by atoms with E-state index >= 15 is 0 Å². The predicted molar refractivity (Wildman–Crippen MR) is 84.6 cm³/mol. The van der Waals surface area contributed by atoms with Crippen molar-refractivity contribution in [2.24, 2.45) is 0 Å². The molecule has 0 aliphatic rings. The lowest BCUT2D eigenvalue weighted by molar-refractivity contribution is -0.136. The van der Waals surface area contributed by atoms with E-state index in [0.29, 0.717) is 18.0 Å². The first-order chi connectivity index (χ1) is 10.6. The maximum absolute atomic E-state index is 11.9. The van der Waals surface area contributed by atoms with Gasteiger partial charge in [-0.2, -0.15) is 0 Å². The van der Waals surface area contributed by atoms with Crippen LogP contribution in [0.5, 0.6) is 5.75 Å². The Bertz CT molecular complexity index is 669. The van der Waals surface area contributed by atoms with Gasteiger partial charge < -0.3 is 15.4 Å². The summed E-state index contributed by atoms with van der Waals surface area (Å²) in [7, 11) is 1.51. The molecule has 114 valence electrons. The van der Waals surface area contributed by atoms with Crippen molar-refractivity contribution in [2.75, 3.05) is 12.4 Å². The molecule has 0 saturated heterocycles. The van der Waals surface area contributed by atoms with Crippen LogP contribution < -0.4 is 15.4 Å². The molecule has 5 nitrogen and oxygen atoms in total. The van der Waals surface area contributed by atoms with Gasteiger partial charge in [-0.15, -0.1) is 0 Å². The zero-order valence-electron chi connectivity index (χ0n) is 12.6. The van der Waals surface area contributed by atoms with Gasteiger partial charge in [0.1, 0.15) is 5.75 Å². The first-order valence-electron chi connectivity index (χ1n) is 6.88. The van der Waals surface area contributed by atoms with Gasteiger partial charge in [0.25, 0.3) is 0 Å². The number of nitrogens with one attached hydrogen (secondary N) is 2. The molecule has 5 heteroatoms. The molecule has 0 unspecified atom stereocenters. The van der Waals surface area contributed by atoms with Crippen LogP contribution in [0.3, 0.4) is 0 Å². The molecule has 0 fully saturated rings. The fourth-order valence-electron chi connectivity index (χ4n) is 1.96. The molecule has 2 aromatic carbocycles. The van der Waals surface area contributed by atoms with Crippen LogP contribution in [0.4, 0.5) is 5.69 Å². The summed E-state index contributed by atoms with van der Waals surface area (Å²) in [6.45, 7) is 2.20. The van der Waals surface area contributed by atoms with E-state index in [1.807, 2.05) is 43.3 Å². The maximum atomic E-state index is 11.9. The zero-order chi connectivity index (χ0) is 15.9. The van der Waals surface area contributed by atoms with Crippen molar-refractivity contribution in [3.8, 4) is 5.75 Å². The molecule has 0 aliphatic heterocycles. The van der Waals surface area contributed by atoms with E-state index in [9.17, 15) is 9.59 Å². The fraction of sp³-hybridized carbons (Fsp3) is 0.176. The number of aryl methyl sites for hydroxylation is 1. The van der Waals surface area contributed by atoms with Crippen LogP contribution >= 0.6 is 0 Å². The Morgan fingerprint density at radius 2 is 1.77 bits per heavy atom. The highest BCUT2D eigenvalue weighted by Crippen LogP contribution is 2.24. The summed E-state index contributed by atoms with van der Waals surface area (Å²) in [4.78, 5) is 23.8. The summed E-state index contributed by atoms with van der Waals surface area (Å²) in [6, 6.07) is 14.8. The number of anilines is 1. The molecule has 22 heavy (non-hydrogen) atoms. The van der Waals surface area contributed by atoms with E-state index in [0.717, 1.165) is 11.1 Å². The first-order valence-corrected chi connectivity index (χ1v) is 6.88. The second-order valence-corrected chi connectivity index (χ2v) is 4.83. The van der Waals surface area contributed by atoms with E-state index in [-0.39, 0.29) is 0 Å². The minimum atomic E-state index is -0.722. The number of hydrogen-bond acceptors (Lipinski definition) is 3. The normalized spacial score (nSPS) is 9.91. The quantitative estimate of drug-likeness (QED) is 0.851. The summed E-state index contributed by atoms with van der Waals surface area (Å²) < 4.78 is 5.16.